The molecule has 0 aliphatic heterocycles. The first kappa shape index (κ1) is 14.2. The van der Waals surface area contributed by atoms with Crippen molar-refractivity contribution in [3.8, 4) is 0 Å². The van der Waals surface area contributed by atoms with Crippen molar-refractivity contribution < 1.29 is 14.7 Å². The van der Waals surface area contributed by atoms with Gasteiger partial charge in [-0.1, -0.05) is 0 Å². The van der Waals surface area contributed by atoms with E-state index >= 15 is 0 Å². The van der Waals surface area contributed by atoms with Gasteiger partial charge in [0.15, 0.2) is 0 Å². The zero-order valence-corrected chi connectivity index (χ0v) is 10.9. The molecule has 0 unspecified atom stereocenters. The molecule has 1 N–H and O–H groups in total. The second-order valence-electron chi connectivity index (χ2n) is 4.40. The van der Waals surface area contributed by atoms with Crippen molar-refractivity contribution in [3.63, 3.8) is 0 Å². The molecule has 1 rings (SSSR count). The number of carboxylic acids is 1. The van der Waals surface area contributed by atoms with Crippen LogP contribution in [0.2, 0.25) is 0 Å². The summed E-state index contributed by atoms with van der Waals surface area (Å²) in [6, 6.07) is 3.64. The van der Waals surface area contributed by atoms with Crippen LogP contribution in [0.25, 0.3) is 0 Å². The Bertz CT molecular complexity index is 437. The van der Waals surface area contributed by atoms with E-state index in [-0.39, 0.29) is 12.3 Å². The van der Waals surface area contributed by atoms with E-state index in [2.05, 4.69) is 4.98 Å². The lowest BCUT2D eigenvalue weighted by molar-refractivity contribution is -0.137. The second kappa shape index (κ2) is 6.14. The van der Waals surface area contributed by atoms with Crippen LogP contribution in [0.15, 0.2) is 12.1 Å². The molecule has 18 heavy (non-hydrogen) atoms. The Morgan fingerprint density at radius 2 is 2.00 bits per heavy atom. The number of aryl methyl sites for hydroxylation is 2. The number of hydrogen-bond donors (Lipinski definition) is 1. The van der Waals surface area contributed by atoms with Gasteiger partial charge in [-0.05, 0) is 38.0 Å². The molecular weight excluding hydrogens is 232 g/mol. The van der Waals surface area contributed by atoms with Crippen molar-refractivity contribution in [1.29, 1.82) is 0 Å². The number of rotatable bonds is 5. The summed E-state index contributed by atoms with van der Waals surface area (Å²) in [5, 5.41) is 8.54. The smallest absolute Gasteiger partial charge is 0.303 e. The standard InChI is InChI=1S/C13H18N2O3/c1-9-7-10(2)14-11(8-9)13(18)15(3)6-4-5-12(16)17/h7-8H,4-6H2,1-3H3,(H,16,17). The second-order valence-corrected chi connectivity index (χ2v) is 4.40. The van der Waals surface area contributed by atoms with Gasteiger partial charge in [0.2, 0.25) is 0 Å². The van der Waals surface area contributed by atoms with Crippen LogP contribution in [0.1, 0.15) is 34.6 Å². The third kappa shape index (κ3) is 4.16. The van der Waals surface area contributed by atoms with Gasteiger partial charge in [0.1, 0.15) is 5.69 Å². The molecule has 1 aromatic rings. The van der Waals surface area contributed by atoms with Crippen molar-refractivity contribution in [2.75, 3.05) is 13.6 Å². The molecule has 0 aromatic carbocycles. The summed E-state index contributed by atoms with van der Waals surface area (Å²) < 4.78 is 0. The van der Waals surface area contributed by atoms with Crippen LogP contribution in [-0.2, 0) is 4.79 Å². The average molecular weight is 250 g/mol. The number of carboxylic acid groups (broad SMARTS) is 1. The quantitative estimate of drug-likeness (QED) is 0.862. The molecule has 1 aromatic heterocycles. The molecule has 1 amide bonds. The maximum absolute atomic E-state index is 12.0. The van der Waals surface area contributed by atoms with Gasteiger partial charge in [0.05, 0.1) is 0 Å². The van der Waals surface area contributed by atoms with Crippen molar-refractivity contribution in [1.82, 2.24) is 9.88 Å². The minimum Gasteiger partial charge on any atom is -0.481 e. The maximum atomic E-state index is 12.0. The van der Waals surface area contributed by atoms with Gasteiger partial charge in [-0.3, -0.25) is 9.59 Å². The Hall–Kier alpha value is -1.91. The monoisotopic (exact) mass is 250 g/mol. The molecule has 0 bridgehead atoms. The number of carbonyl (C=O) groups excluding carboxylic acids is 1. The van der Waals surface area contributed by atoms with Crippen LogP contribution in [0.4, 0.5) is 0 Å². The van der Waals surface area contributed by atoms with E-state index in [9.17, 15) is 9.59 Å². The van der Waals surface area contributed by atoms with Gasteiger partial charge in [-0.2, -0.15) is 0 Å². The van der Waals surface area contributed by atoms with Crippen LogP contribution in [0.3, 0.4) is 0 Å². The Labute approximate surface area is 106 Å². The molecule has 0 saturated heterocycles. The fraction of sp³-hybridized carbons (Fsp3) is 0.462. The molecule has 0 aliphatic carbocycles. The van der Waals surface area contributed by atoms with Crippen LogP contribution >= 0.6 is 0 Å². The Kier molecular flexibility index (Phi) is 4.83. The van der Waals surface area contributed by atoms with E-state index in [0.717, 1.165) is 11.3 Å². The van der Waals surface area contributed by atoms with Gasteiger partial charge in [-0.15, -0.1) is 0 Å². The summed E-state index contributed by atoms with van der Waals surface area (Å²) in [7, 11) is 1.66. The molecule has 0 atom stereocenters. The zero-order chi connectivity index (χ0) is 13.7. The van der Waals surface area contributed by atoms with Gasteiger partial charge in [-0.25, -0.2) is 4.98 Å². The Balaban J connectivity index is 2.65. The predicted octanol–water partition coefficient (Wildman–Crippen LogP) is 1.64. The molecule has 0 saturated carbocycles. The van der Waals surface area contributed by atoms with Crippen molar-refractivity contribution >= 4 is 11.9 Å². The zero-order valence-electron chi connectivity index (χ0n) is 10.9. The van der Waals surface area contributed by atoms with E-state index in [1.54, 1.807) is 13.1 Å². The number of aromatic nitrogens is 1. The third-order valence-electron chi connectivity index (χ3n) is 2.55. The highest BCUT2D eigenvalue weighted by atomic mass is 16.4. The summed E-state index contributed by atoms with van der Waals surface area (Å²) in [5.74, 6) is -1.02. The van der Waals surface area contributed by atoms with Crippen LogP contribution in [0.5, 0.6) is 0 Å². The number of pyridine rings is 1. The molecule has 0 aliphatic rings. The lowest BCUT2D eigenvalue weighted by atomic mass is 10.2. The number of hydrogen-bond acceptors (Lipinski definition) is 3. The Morgan fingerprint density at radius 3 is 2.56 bits per heavy atom. The largest absolute Gasteiger partial charge is 0.481 e. The SMILES string of the molecule is Cc1cc(C)nc(C(=O)N(C)CCCC(=O)O)c1. The minimum absolute atomic E-state index is 0.0674. The molecule has 98 valence electrons. The van der Waals surface area contributed by atoms with E-state index in [1.807, 2.05) is 19.9 Å². The first-order valence-corrected chi connectivity index (χ1v) is 5.82. The van der Waals surface area contributed by atoms with Crippen LogP contribution in [0, 0.1) is 13.8 Å². The predicted molar refractivity (Wildman–Crippen MR) is 67.5 cm³/mol. The summed E-state index contributed by atoms with van der Waals surface area (Å²) in [4.78, 5) is 28.1. The topological polar surface area (TPSA) is 70.5 Å². The summed E-state index contributed by atoms with van der Waals surface area (Å²) in [6.45, 7) is 4.17. The number of carbonyl (C=O) groups is 2. The highest BCUT2D eigenvalue weighted by Gasteiger charge is 2.13. The summed E-state index contributed by atoms with van der Waals surface area (Å²) >= 11 is 0. The molecule has 0 spiro atoms. The molecule has 5 heteroatoms. The minimum atomic E-state index is -0.847. The number of nitrogens with zero attached hydrogens (tertiary/aromatic N) is 2. The summed E-state index contributed by atoms with van der Waals surface area (Å²) in [5.41, 5.74) is 2.20. The summed E-state index contributed by atoms with van der Waals surface area (Å²) in [6.07, 6.45) is 0.514. The molecule has 0 fully saturated rings. The van der Waals surface area contributed by atoms with E-state index in [1.165, 1.54) is 4.90 Å². The number of aliphatic carboxylic acids is 1. The first-order chi connectivity index (χ1) is 8.40. The van der Waals surface area contributed by atoms with Crippen molar-refractivity contribution in [2.45, 2.75) is 26.7 Å². The highest BCUT2D eigenvalue weighted by Crippen LogP contribution is 2.07. The lowest BCUT2D eigenvalue weighted by Gasteiger charge is -2.16. The van der Waals surface area contributed by atoms with Crippen LogP contribution in [-0.4, -0.2) is 40.5 Å². The van der Waals surface area contributed by atoms with Crippen LogP contribution < -0.4 is 0 Å². The average Bonchev–Trinajstić information content (AvgIpc) is 2.26. The van der Waals surface area contributed by atoms with Gasteiger partial charge in [0.25, 0.3) is 5.91 Å². The fourth-order valence-electron chi connectivity index (χ4n) is 1.72. The van der Waals surface area contributed by atoms with Crippen molar-refractivity contribution in [3.05, 3.63) is 29.1 Å². The van der Waals surface area contributed by atoms with Gasteiger partial charge >= 0.3 is 5.97 Å². The lowest BCUT2D eigenvalue weighted by Crippen LogP contribution is -2.29. The molecule has 0 radical (unpaired) electrons. The first-order valence-electron chi connectivity index (χ1n) is 5.82. The molecule has 1 heterocycles. The molecular formula is C13H18N2O3. The number of amides is 1. The fourth-order valence-corrected chi connectivity index (χ4v) is 1.72. The van der Waals surface area contributed by atoms with Gasteiger partial charge in [0, 0.05) is 25.7 Å². The van der Waals surface area contributed by atoms with E-state index in [4.69, 9.17) is 5.11 Å². The highest BCUT2D eigenvalue weighted by molar-refractivity contribution is 5.92. The third-order valence-corrected chi connectivity index (χ3v) is 2.55. The van der Waals surface area contributed by atoms with E-state index < -0.39 is 5.97 Å². The maximum Gasteiger partial charge on any atom is 0.303 e. The Morgan fingerprint density at radius 1 is 1.33 bits per heavy atom. The van der Waals surface area contributed by atoms with E-state index in [0.29, 0.717) is 18.7 Å². The van der Waals surface area contributed by atoms with Crippen molar-refractivity contribution in [2.24, 2.45) is 0 Å². The van der Waals surface area contributed by atoms with Gasteiger partial charge < -0.3 is 10.0 Å². The molecule has 5 nitrogen and oxygen atoms in total. The normalized spacial score (nSPS) is 10.2.